The number of ether oxygens (including phenoxy) is 1. The van der Waals surface area contributed by atoms with Gasteiger partial charge in [-0.1, -0.05) is 19.1 Å². The Kier molecular flexibility index (Phi) is 4.72. The molecule has 0 atom stereocenters. The highest BCUT2D eigenvalue weighted by Gasteiger charge is 2.36. The highest BCUT2D eigenvalue weighted by Crippen LogP contribution is 2.32. The maximum atomic E-state index is 11.7. The molecule has 0 aromatic carbocycles. The lowest BCUT2D eigenvalue weighted by Crippen LogP contribution is -2.48. The van der Waals surface area contributed by atoms with Gasteiger partial charge >= 0.3 is 5.97 Å². The van der Waals surface area contributed by atoms with E-state index in [1.807, 2.05) is 13.8 Å². The predicted octanol–water partition coefficient (Wildman–Crippen LogP) is 1.57. The lowest BCUT2D eigenvalue weighted by atomic mass is 9.79. The summed E-state index contributed by atoms with van der Waals surface area (Å²) in [6, 6.07) is 0. The Balaban J connectivity index is 2.54. The number of esters is 1. The molecule has 1 aliphatic rings. The zero-order valence-corrected chi connectivity index (χ0v) is 12.6. The molecule has 1 aliphatic heterocycles. The molecule has 1 heterocycles. The molecule has 5 heteroatoms. The van der Waals surface area contributed by atoms with Crippen LogP contribution in [0.4, 0.5) is 0 Å². The minimum absolute atomic E-state index is 0.0265. The lowest BCUT2D eigenvalue weighted by molar-refractivity contribution is -0.152. The van der Waals surface area contributed by atoms with Crippen LogP contribution in [0.25, 0.3) is 0 Å². The minimum atomic E-state index is -0.467. The van der Waals surface area contributed by atoms with Gasteiger partial charge < -0.3 is 15.4 Å². The van der Waals surface area contributed by atoms with Crippen LogP contribution in [0.2, 0.25) is 0 Å². The van der Waals surface area contributed by atoms with Crippen molar-refractivity contribution in [3.05, 3.63) is 0 Å². The molecule has 1 fully saturated rings. The smallest absolute Gasteiger partial charge is 0.312 e. The third kappa shape index (κ3) is 3.42. The molecule has 0 bridgehead atoms. The quantitative estimate of drug-likeness (QED) is 0.622. The van der Waals surface area contributed by atoms with E-state index in [0.717, 1.165) is 25.9 Å². The van der Waals surface area contributed by atoms with Crippen molar-refractivity contribution < 1.29 is 9.53 Å². The summed E-state index contributed by atoms with van der Waals surface area (Å²) >= 11 is 5.12. The van der Waals surface area contributed by atoms with Crippen LogP contribution in [0.5, 0.6) is 0 Å². The number of piperidine rings is 1. The van der Waals surface area contributed by atoms with Gasteiger partial charge in [0.05, 0.1) is 17.5 Å². The molecule has 1 rings (SSSR count). The molecule has 0 aromatic rings. The SMILES string of the molecule is COC(=O)C(C)(C)CN1CCC(C)(C(N)=S)CC1. The van der Waals surface area contributed by atoms with E-state index in [1.54, 1.807) is 0 Å². The molecule has 0 amide bonds. The minimum Gasteiger partial charge on any atom is -0.469 e. The number of carbonyl (C=O) groups excluding carboxylic acids is 1. The number of hydrogen-bond donors (Lipinski definition) is 1. The van der Waals surface area contributed by atoms with Gasteiger partial charge in [0, 0.05) is 12.0 Å². The second-order valence-corrected chi connectivity index (χ2v) is 6.52. The van der Waals surface area contributed by atoms with E-state index < -0.39 is 5.41 Å². The molecule has 0 spiro atoms. The maximum absolute atomic E-state index is 11.7. The van der Waals surface area contributed by atoms with Crippen molar-refractivity contribution in [2.45, 2.75) is 33.6 Å². The van der Waals surface area contributed by atoms with Crippen LogP contribution < -0.4 is 5.73 Å². The number of rotatable bonds is 4. The van der Waals surface area contributed by atoms with Crippen LogP contribution in [-0.4, -0.2) is 42.6 Å². The Morgan fingerprint density at radius 2 is 1.94 bits per heavy atom. The summed E-state index contributed by atoms with van der Waals surface area (Å²) in [5.74, 6) is -0.162. The van der Waals surface area contributed by atoms with Crippen molar-refractivity contribution in [1.29, 1.82) is 0 Å². The van der Waals surface area contributed by atoms with Crippen molar-refractivity contribution >= 4 is 23.2 Å². The highest BCUT2D eigenvalue weighted by atomic mass is 32.1. The van der Waals surface area contributed by atoms with E-state index in [2.05, 4.69) is 11.8 Å². The van der Waals surface area contributed by atoms with Crippen LogP contribution in [-0.2, 0) is 9.53 Å². The Hall–Kier alpha value is -0.680. The van der Waals surface area contributed by atoms with Crippen molar-refractivity contribution in [2.24, 2.45) is 16.6 Å². The molecule has 2 N–H and O–H groups in total. The van der Waals surface area contributed by atoms with Gasteiger partial charge in [0.1, 0.15) is 0 Å². The van der Waals surface area contributed by atoms with E-state index >= 15 is 0 Å². The van der Waals surface area contributed by atoms with Crippen LogP contribution in [0.3, 0.4) is 0 Å². The zero-order chi connectivity index (χ0) is 14.0. The van der Waals surface area contributed by atoms with Gasteiger partial charge in [0.2, 0.25) is 0 Å². The maximum Gasteiger partial charge on any atom is 0.312 e. The third-order valence-electron chi connectivity index (χ3n) is 3.91. The Morgan fingerprint density at radius 1 is 1.44 bits per heavy atom. The molecule has 0 radical (unpaired) electrons. The first-order valence-electron chi connectivity index (χ1n) is 6.32. The number of nitrogens with zero attached hydrogens (tertiary/aromatic N) is 1. The second-order valence-electron chi connectivity index (χ2n) is 6.08. The molecule has 0 aromatic heterocycles. The first-order valence-corrected chi connectivity index (χ1v) is 6.73. The largest absolute Gasteiger partial charge is 0.469 e. The molecule has 1 saturated heterocycles. The number of thiocarbonyl (C=S) groups is 1. The van der Waals surface area contributed by atoms with Crippen LogP contribution in [0.1, 0.15) is 33.6 Å². The average molecular weight is 272 g/mol. The van der Waals surface area contributed by atoms with Crippen molar-refractivity contribution in [2.75, 3.05) is 26.7 Å². The zero-order valence-electron chi connectivity index (χ0n) is 11.8. The van der Waals surface area contributed by atoms with Crippen LogP contribution >= 0.6 is 12.2 Å². The van der Waals surface area contributed by atoms with Gasteiger partial charge in [-0.2, -0.15) is 0 Å². The first-order chi connectivity index (χ1) is 8.21. The third-order valence-corrected chi connectivity index (χ3v) is 4.40. The summed E-state index contributed by atoms with van der Waals surface area (Å²) in [6.07, 6.45) is 1.92. The van der Waals surface area contributed by atoms with E-state index in [0.29, 0.717) is 11.5 Å². The topological polar surface area (TPSA) is 55.6 Å². The number of likely N-dealkylation sites (tertiary alicyclic amines) is 1. The summed E-state index contributed by atoms with van der Waals surface area (Å²) in [4.78, 5) is 14.5. The number of carbonyl (C=O) groups is 1. The summed E-state index contributed by atoms with van der Waals surface area (Å²) in [5.41, 5.74) is 5.29. The molecule has 0 unspecified atom stereocenters. The molecule has 4 nitrogen and oxygen atoms in total. The summed E-state index contributed by atoms with van der Waals surface area (Å²) in [7, 11) is 1.43. The van der Waals surface area contributed by atoms with Crippen LogP contribution in [0, 0.1) is 10.8 Å². The standard InChI is InChI=1S/C13H24N2O2S/c1-12(2,11(16)17-4)9-15-7-5-13(3,6-8-15)10(14)18/h5-9H2,1-4H3,(H2,14,18). The van der Waals surface area contributed by atoms with Gasteiger partial charge in [0.15, 0.2) is 0 Å². The molecular formula is C13H24N2O2S. The van der Waals surface area contributed by atoms with Gasteiger partial charge in [0.25, 0.3) is 0 Å². The van der Waals surface area contributed by atoms with E-state index in [1.165, 1.54) is 7.11 Å². The van der Waals surface area contributed by atoms with E-state index in [-0.39, 0.29) is 11.4 Å². The lowest BCUT2D eigenvalue weighted by Gasteiger charge is -2.40. The summed E-state index contributed by atoms with van der Waals surface area (Å²) in [6.45, 7) is 8.52. The monoisotopic (exact) mass is 272 g/mol. The van der Waals surface area contributed by atoms with E-state index in [4.69, 9.17) is 22.7 Å². The van der Waals surface area contributed by atoms with Crippen molar-refractivity contribution in [1.82, 2.24) is 4.90 Å². The summed E-state index contributed by atoms with van der Waals surface area (Å²) < 4.78 is 4.83. The number of hydrogen-bond acceptors (Lipinski definition) is 4. The molecule has 18 heavy (non-hydrogen) atoms. The predicted molar refractivity (Wildman–Crippen MR) is 76.4 cm³/mol. The van der Waals surface area contributed by atoms with Gasteiger partial charge in [-0.15, -0.1) is 0 Å². The highest BCUT2D eigenvalue weighted by molar-refractivity contribution is 7.80. The normalized spacial score (nSPS) is 20.4. The van der Waals surface area contributed by atoms with Gasteiger partial charge in [-0.25, -0.2) is 0 Å². The Labute approximate surface area is 115 Å². The Morgan fingerprint density at radius 3 is 2.33 bits per heavy atom. The fourth-order valence-electron chi connectivity index (χ4n) is 2.35. The Bertz CT molecular complexity index is 334. The molecule has 104 valence electrons. The van der Waals surface area contributed by atoms with Crippen LogP contribution in [0.15, 0.2) is 0 Å². The van der Waals surface area contributed by atoms with Crippen molar-refractivity contribution in [3.63, 3.8) is 0 Å². The summed E-state index contributed by atoms with van der Waals surface area (Å²) in [5, 5.41) is 0. The molecule has 0 saturated carbocycles. The van der Waals surface area contributed by atoms with Gasteiger partial charge in [-0.05, 0) is 39.8 Å². The first kappa shape index (κ1) is 15.4. The number of nitrogens with two attached hydrogens (primary N) is 1. The van der Waals surface area contributed by atoms with E-state index in [9.17, 15) is 4.79 Å². The number of methoxy groups -OCH3 is 1. The molecular weight excluding hydrogens is 248 g/mol. The average Bonchev–Trinajstić information content (AvgIpc) is 2.30. The molecule has 0 aliphatic carbocycles. The fourth-order valence-corrected chi connectivity index (χ4v) is 2.56. The fraction of sp³-hybridized carbons (Fsp3) is 0.846. The van der Waals surface area contributed by atoms with Crippen molar-refractivity contribution in [3.8, 4) is 0 Å². The second kappa shape index (κ2) is 5.53. The van der Waals surface area contributed by atoms with Gasteiger partial charge in [-0.3, -0.25) is 4.79 Å².